The summed E-state index contributed by atoms with van der Waals surface area (Å²) in [6.45, 7) is -0.0770. The second-order valence-corrected chi connectivity index (χ2v) is 4.81. The molecule has 0 aliphatic heterocycles. The average molecular weight is 332 g/mol. The number of alkyl halides is 5. The molecule has 0 aliphatic carbocycles. The van der Waals surface area contributed by atoms with E-state index in [0.29, 0.717) is 15.9 Å². The molecule has 11 heteroatoms. The number of pyridine rings is 1. The van der Waals surface area contributed by atoms with Gasteiger partial charge in [-0.3, -0.25) is 5.10 Å². The van der Waals surface area contributed by atoms with Gasteiger partial charge in [0.1, 0.15) is 18.1 Å². The Kier molecular flexibility index (Phi) is 3.30. The van der Waals surface area contributed by atoms with Crippen LogP contribution in [-0.4, -0.2) is 42.0 Å². The van der Waals surface area contributed by atoms with Gasteiger partial charge in [-0.1, -0.05) is 0 Å². The van der Waals surface area contributed by atoms with Crippen molar-refractivity contribution in [3.63, 3.8) is 0 Å². The second kappa shape index (κ2) is 4.96. The van der Waals surface area contributed by atoms with Gasteiger partial charge in [0.25, 0.3) is 0 Å². The predicted octanol–water partition coefficient (Wildman–Crippen LogP) is 2.72. The van der Waals surface area contributed by atoms with Crippen LogP contribution in [0.4, 0.5) is 22.0 Å². The molecule has 0 amide bonds. The van der Waals surface area contributed by atoms with Crippen molar-refractivity contribution in [2.45, 2.75) is 25.6 Å². The van der Waals surface area contributed by atoms with Gasteiger partial charge in [0.2, 0.25) is 0 Å². The molecule has 122 valence electrons. The van der Waals surface area contributed by atoms with Gasteiger partial charge in [-0.2, -0.15) is 32.1 Å². The number of aromatic amines is 1. The molecule has 3 aromatic heterocycles. The third-order valence-electron chi connectivity index (χ3n) is 3.09. The maximum absolute atomic E-state index is 13.3. The van der Waals surface area contributed by atoms with Crippen LogP contribution in [-0.2, 0) is 6.54 Å². The van der Waals surface area contributed by atoms with Gasteiger partial charge in [0.05, 0.1) is 5.39 Å². The Bertz CT molecular complexity index is 849. The molecule has 0 fully saturated rings. The van der Waals surface area contributed by atoms with Gasteiger partial charge in [0, 0.05) is 6.20 Å². The van der Waals surface area contributed by atoms with E-state index in [4.69, 9.17) is 0 Å². The van der Waals surface area contributed by atoms with Crippen LogP contribution in [0.3, 0.4) is 0 Å². The van der Waals surface area contributed by atoms with Crippen molar-refractivity contribution >= 4 is 11.0 Å². The monoisotopic (exact) mass is 332 g/mol. The summed E-state index contributed by atoms with van der Waals surface area (Å²) in [5, 5.41) is 10.4. The van der Waals surface area contributed by atoms with Gasteiger partial charge in [0.15, 0.2) is 11.5 Å². The molecule has 0 aliphatic rings. The first-order valence-corrected chi connectivity index (χ1v) is 6.34. The van der Waals surface area contributed by atoms with Crippen LogP contribution in [0.5, 0.6) is 0 Å². The van der Waals surface area contributed by atoms with Gasteiger partial charge in [-0.25, -0.2) is 14.6 Å². The van der Waals surface area contributed by atoms with Crippen molar-refractivity contribution in [1.29, 1.82) is 0 Å². The lowest BCUT2D eigenvalue weighted by atomic mass is 10.2. The predicted molar refractivity (Wildman–Crippen MR) is 68.6 cm³/mol. The highest BCUT2D eigenvalue weighted by Crippen LogP contribution is 2.37. The molecule has 3 heterocycles. The Balaban J connectivity index is 2.12. The minimum atomic E-state index is -5.68. The Hall–Kier alpha value is -2.59. The molecule has 3 aromatic rings. The first kappa shape index (κ1) is 15.3. The first-order chi connectivity index (χ1) is 10.7. The topological polar surface area (TPSA) is 72.3 Å². The van der Waals surface area contributed by atoms with E-state index in [1.165, 1.54) is 18.3 Å². The van der Waals surface area contributed by atoms with E-state index >= 15 is 0 Å². The zero-order valence-corrected chi connectivity index (χ0v) is 11.6. The SMILES string of the molecule is Cc1n[nH]c(-c2nn(CC(F)(F)C(F)(F)F)c3ncccc23)n1. The number of halogens is 5. The number of hydrogen-bond acceptors (Lipinski definition) is 4. The van der Waals surface area contributed by atoms with Crippen molar-refractivity contribution in [2.24, 2.45) is 0 Å². The van der Waals surface area contributed by atoms with E-state index in [9.17, 15) is 22.0 Å². The Morgan fingerprint density at radius 1 is 1.22 bits per heavy atom. The molecule has 3 rings (SSSR count). The van der Waals surface area contributed by atoms with E-state index in [1.807, 2.05) is 0 Å². The zero-order chi connectivity index (χ0) is 16.8. The van der Waals surface area contributed by atoms with Gasteiger partial charge in [-0.05, 0) is 19.1 Å². The molecule has 6 nitrogen and oxygen atoms in total. The second-order valence-electron chi connectivity index (χ2n) is 4.81. The highest BCUT2D eigenvalue weighted by atomic mass is 19.4. The summed E-state index contributed by atoms with van der Waals surface area (Å²) in [7, 11) is 0. The van der Waals surface area contributed by atoms with E-state index in [2.05, 4.69) is 25.3 Å². The maximum Gasteiger partial charge on any atom is 0.455 e. The summed E-state index contributed by atoms with van der Waals surface area (Å²) < 4.78 is 64.4. The summed E-state index contributed by atoms with van der Waals surface area (Å²) >= 11 is 0. The first-order valence-electron chi connectivity index (χ1n) is 6.34. The van der Waals surface area contributed by atoms with Crippen LogP contribution in [0.25, 0.3) is 22.6 Å². The molecule has 0 unspecified atom stereocenters. The largest absolute Gasteiger partial charge is 0.455 e. The third kappa shape index (κ3) is 2.62. The number of H-pyrrole nitrogens is 1. The van der Waals surface area contributed by atoms with Crippen LogP contribution < -0.4 is 0 Å². The lowest BCUT2D eigenvalue weighted by molar-refractivity contribution is -0.287. The lowest BCUT2D eigenvalue weighted by Gasteiger charge is -2.19. The van der Waals surface area contributed by atoms with E-state index in [0.717, 1.165) is 0 Å². The quantitative estimate of drug-likeness (QED) is 0.749. The van der Waals surface area contributed by atoms with Crippen LogP contribution in [0, 0.1) is 6.92 Å². The van der Waals surface area contributed by atoms with Gasteiger partial charge in [-0.15, -0.1) is 0 Å². The standard InChI is InChI=1S/C12H9F5N6/c1-6-19-9(21-20-6)8-7-3-2-4-18-10(7)23(22-8)5-11(13,14)12(15,16)17/h2-4H,5H2,1H3,(H,19,20,21). The van der Waals surface area contributed by atoms with Gasteiger partial charge < -0.3 is 0 Å². The van der Waals surface area contributed by atoms with Crippen molar-refractivity contribution in [1.82, 2.24) is 29.9 Å². The van der Waals surface area contributed by atoms with Crippen LogP contribution in [0.1, 0.15) is 5.82 Å². The fourth-order valence-corrected chi connectivity index (χ4v) is 2.02. The minimum absolute atomic E-state index is 0.0968. The highest BCUT2D eigenvalue weighted by molar-refractivity contribution is 5.89. The van der Waals surface area contributed by atoms with Crippen molar-refractivity contribution in [3.8, 4) is 11.5 Å². The van der Waals surface area contributed by atoms with Crippen LogP contribution in [0.2, 0.25) is 0 Å². The Labute approximate surface area is 125 Å². The van der Waals surface area contributed by atoms with Crippen molar-refractivity contribution < 1.29 is 22.0 Å². The van der Waals surface area contributed by atoms with E-state index < -0.39 is 18.6 Å². The van der Waals surface area contributed by atoms with E-state index in [1.54, 1.807) is 6.92 Å². The fraction of sp³-hybridized carbons (Fsp3) is 0.333. The molecule has 0 saturated heterocycles. The number of hydrogen-bond donors (Lipinski definition) is 1. The number of fused-ring (bicyclic) bond motifs is 1. The highest BCUT2D eigenvalue weighted by Gasteiger charge is 2.58. The zero-order valence-electron chi connectivity index (χ0n) is 11.6. The number of aryl methyl sites for hydroxylation is 1. The average Bonchev–Trinajstić information content (AvgIpc) is 3.02. The van der Waals surface area contributed by atoms with Crippen molar-refractivity contribution in [2.75, 3.05) is 0 Å². The number of aromatic nitrogens is 6. The molecular formula is C12H9F5N6. The molecule has 23 heavy (non-hydrogen) atoms. The molecule has 1 N–H and O–H groups in total. The molecule has 0 bridgehead atoms. The summed E-state index contributed by atoms with van der Waals surface area (Å²) in [5.74, 6) is -4.39. The smallest absolute Gasteiger partial charge is 0.258 e. The molecular weight excluding hydrogens is 323 g/mol. The normalized spacial score (nSPS) is 13.0. The van der Waals surface area contributed by atoms with Crippen LogP contribution in [0.15, 0.2) is 18.3 Å². The molecule has 0 radical (unpaired) electrons. The summed E-state index contributed by atoms with van der Waals surface area (Å²) in [6.07, 6.45) is -4.40. The summed E-state index contributed by atoms with van der Waals surface area (Å²) in [6, 6.07) is 3.02. The summed E-state index contributed by atoms with van der Waals surface area (Å²) in [5.41, 5.74) is 0.00662. The van der Waals surface area contributed by atoms with E-state index in [-0.39, 0.29) is 17.2 Å². The van der Waals surface area contributed by atoms with Gasteiger partial charge >= 0.3 is 12.1 Å². The summed E-state index contributed by atoms with van der Waals surface area (Å²) in [4.78, 5) is 7.85. The maximum atomic E-state index is 13.3. The molecule has 0 spiro atoms. The number of rotatable bonds is 3. The fourth-order valence-electron chi connectivity index (χ4n) is 2.02. The minimum Gasteiger partial charge on any atom is -0.258 e. The van der Waals surface area contributed by atoms with Crippen LogP contribution >= 0.6 is 0 Å². The molecule has 0 saturated carbocycles. The lowest BCUT2D eigenvalue weighted by Crippen LogP contribution is -2.40. The Morgan fingerprint density at radius 3 is 2.57 bits per heavy atom. The molecule has 0 aromatic carbocycles. The molecule has 0 atom stereocenters. The third-order valence-corrected chi connectivity index (χ3v) is 3.09. The van der Waals surface area contributed by atoms with Crippen molar-refractivity contribution in [3.05, 3.63) is 24.2 Å². The number of nitrogens with one attached hydrogen (secondary N) is 1. The number of nitrogens with zero attached hydrogens (tertiary/aromatic N) is 5. The Morgan fingerprint density at radius 2 is 1.96 bits per heavy atom.